The second-order valence-corrected chi connectivity index (χ2v) is 7.34. The second kappa shape index (κ2) is 5.99. The first-order valence-corrected chi connectivity index (χ1v) is 8.23. The van der Waals surface area contributed by atoms with Crippen molar-refractivity contribution in [1.29, 1.82) is 0 Å². The first kappa shape index (κ1) is 16.3. The fourth-order valence-corrected chi connectivity index (χ4v) is 4.09. The van der Waals surface area contributed by atoms with Crippen LogP contribution in [-0.4, -0.2) is 49.6 Å². The van der Waals surface area contributed by atoms with Crippen molar-refractivity contribution >= 4 is 31.9 Å². The summed E-state index contributed by atoms with van der Waals surface area (Å²) in [5.41, 5.74) is 0. The molecule has 0 aromatic heterocycles. The molecule has 0 radical (unpaired) electrons. The summed E-state index contributed by atoms with van der Waals surface area (Å²) in [4.78, 5) is 10.9. The van der Waals surface area contributed by atoms with Crippen molar-refractivity contribution in [3.63, 3.8) is 0 Å². The molecule has 1 aliphatic heterocycles. The molecule has 6 nitrogen and oxygen atoms in total. The Morgan fingerprint density at radius 2 is 2.19 bits per heavy atom. The minimum absolute atomic E-state index is 0.0596. The molecule has 0 spiro atoms. The van der Waals surface area contributed by atoms with E-state index in [0.717, 1.165) is 10.4 Å². The summed E-state index contributed by atoms with van der Waals surface area (Å²) in [6.45, 7) is -0.0759. The van der Waals surface area contributed by atoms with E-state index in [9.17, 15) is 17.6 Å². The van der Waals surface area contributed by atoms with E-state index in [1.165, 1.54) is 19.2 Å². The normalized spacial score (nSPS) is 23.4. The van der Waals surface area contributed by atoms with E-state index in [4.69, 9.17) is 9.84 Å². The highest BCUT2D eigenvalue weighted by molar-refractivity contribution is 9.10. The van der Waals surface area contributed by atoms with Gasteiger partial charge in [0.2, 0.25) is 10.0 Å². The van der Waals surface area contributed by atoms with Crippen molar-refractivity contribution in [3.8, 4) is 0 Å². The van der Waals surface area contributed by atoms with Gasteiger partial charge in [0.15, 0.2) is 0 Å². The molecule has 1 fully saturated rings. The zero-order valence-electron chi connectivity index (χ0n) is 11.0. The summed E-state index contributed by atoms with van der Waals surface area (Å²) in [6.07, 6.45) is -0.439. The van der Waals surface area contributed by atoms with E-state index in [2.05, 4.69) is 15.9 Å². The van der Waals surface area contributed by atoms with Gasteiger partial charge in [0.05, 0.1) is 15.5 Å². The third-order valence-corrected chi connectivity index (χ3v) is 5.85. The maximum Gasteiger partial charge on any atom is 0.322 e. The average molecular weight is 382 g/mol. The van der Waals surface area contributed by atoms with Crippen molar-refractivity contribution in [2.24, 2.45) is 0 Å². The highest BCUT2D eigenvalue weighted by Crippen LogP contribution is 2.29. The lowest BCUT2D eigenvalue weighted by atomic mass is 10.2. The van der Waals surface area contributed by atoms with E-state index in [1.807, 2.05) is 0 Å². The fourth-order valence-electron chi connectivity index (χ4n) is 2.20. The number of sulfonamides is 1. The lowest BCUT2D eigenvalue weighted by Gasteiger charge is -2.20. The number of hydrogen-bond donors (Lipinski definition) is 1. The van der Waals surface area contributed by atoms with Gasteiger partial charge in [-0.05, 0) is 34.1 Å². The number of benzene rings is 1. The third-order valence-electron chi connectivity index (χ3n) is 3.33. The van der Waals surface area contributed by atoms with Crippen LogP contribution in [0.3, 0.4) is 0 Å². The zero-order valence-corrected chi connectivity index (χ0v) is 13.4. The van der Waals surface area contributed by atoms with E-state index in [0.29, 0.717) is 0 Å². The quantitative estimate of drug-likeness (QED) is 0.853. The topological polar surface area (TPSA) is 83.9 Å². The molecular weight excluding hydrogens is 369 g/mol. The van der Waals surface area contributed by atoms with Crippen molar-refractivity contribution in [1.82, 2.24) is 4.31 Å². The Balaban J connectivity index is 2.41. The Morgan fingerprint density at radius 3 is 2.71 bits per heavy atom. The molecule has 9 heteroatoms. The number of hydrogen-bond acceptors (Lipinski definition) is 4. The highest BCUT2D eigenvalue weighted by atomic mass is 79.9. The predicted octanol–water partition coefficient (Wildman–Crippen LogP) is 1.45. The fraction of sp³-hybridized carbons (Fsp3) is 0.417. The van der Waals surface area contributed by atoms with Gasteiger partial charge in [-0.3, -0.25) is 4.79 Å². The summed E-state index contributed by atoms with van der Waals surface area (Å²) >= 11 is 2.94. The Kier molecular flexibility index (Phi) is 4.66. The van der Waals surface area contributed by atoms with Gasteiger partial charge < -0.3 is 9.84 Å². The SMILES string of the molecule is COC1CC(C(=O)O)N(S(=O)(=O)c2ccc(Br)c(F)c2)C1. The Bertz CT molecular complexity index is 666. The summed E-state index contributed by atoms with van der Waals surface area (Å²) in [5.74, 6) is -1.99. The molecule has 0 bridgehead atoms. The van der Waals surface area contributed by atoms with Crippen LogP contribution in [0.1, 0.15) is 6.42 Å². The van der Waals surface area contributed by atoms with Crippen LogP contribution in [0.15, 0.2) is 27.6 Å². The van der Waals surface area contributed by atoms with Crippen molar-refractivity contribution in [3.05, 3.63) is 28.5 Å². The Hall–Kier alpha value is -1.03. The molecule has 21 heavy (non-hydrogen) atoms. The van der Waals surface area contributed by atoms with Gasteiger partial charge in [-0.25, -0.2) is 12.8 Å². The number of ether oxygens (including phenoxy) is 1. The molecule has 0 aliphatic carbocycles. The van der Waals surface area contributed by atoms with Gasteiger partial charge in [0.25, 0.3) is 0 Å². The van der Waals surface area contributed by atoms with E-state index >= 15 is 0 Å². The summed E-state index contributed by atoms with van der Waals surface area (Å²) in [6, 6.07) is 2.13. The highest BCUT2D eigenvalue weighted by Gasteiger charge is 2.44. The smallest absolute Gasteiger partial charge is 0.322 e. The number of rotatable bonds is 4. The van der Waals surface area contributed by atoms with Gasteiger partial charge in [-0.1, -0.05) is 0 Å². The predicted molar refractivity (Wildman–Crippen MR) is 74.8 cm³/mol. The van der Waals surface area contributed by atoms with E-state index in [1.54, 1.807) is 0 Å². The molecule has 1 aromatic rings. The van der Waals surface area contributed by atoms with Crippen LogP contribution in [0.25, 0.3) is 0 Å². The molecule has 0 saturated carbocycles. The first-order chi connectivity index (χ1) is 9.77. The van der Waals surface area contributed by atoms with Crippen molar-refractivity contribution in [2.75, 3.05) is 13.7 Å². The summed E-state index contributed by atoms with van der Waals surface area (Å²) in [5, 5.41) is 9.16. The second-order valence-electron chi connectivity index (χ2n) is 4.60. The van der Waals surface area contributed by atoms with Gasteiger partial charge in [-0.15, -0.1) is 0 Å². The Labute approximate surface area is 129 Å². The summed E-state index contributed by atoms with van der Waals surface area (Å²) < 4.78 is 44.5. The van der Waals surface area contributed by atoms with Crippen LogP contribution in [-0.2, 0) is 19.6 Å². The molecule has 1 aromatic carbocycles. The number of carboxylic acids is 1. The molecule has 2 rings (SSSR count). The number of halogens is 2. The summed E-state index contributed by atoms with van der Waals surface area (Å²) in [7, 11) is -2.72. The lowest BCUT2D eigenvalue weighted by Crippen LogP contribution is -2.40. The molecule has 116 valence electrons. The van der Waals surface area contributed by atoms with Crippen LogP contribution in [0.2, 0.25) is 0 Å². The molecule has 1 N–H and O–H groups in total. The minimum Gasteiger partial charge on any atom is -0.480 e. The maximum atomic E-state index is 13.5. The average Bonchev–Trinajstić information content (AvgIpc) is 2.87. The molecule has 1 aliphatic rings. The van der Waals surface area contributed by atoms with Gasteiger partial charge in [-0.2, -0.15) is 4.31 Å². The van der Waals surface area contributed by atoms with Crippen LogP contribution >= 0.6 is 15.9 Å². The lowest BCUT2D eigenvalue weighted by molar-refractivity contribution is -0.140. The molecule has 2 unspecified atom stereocenters. The maximum absolute atomic E-state index is 13.5. The van der Waals surface area contributed by atoms with Crippen LogP contribution in [0, 0.1) is 5.82 Å². The number of carbonyl (C=O) groups is 1. The van der Waals surface area contributed by atoms with Gasteiger partial charge in [0, 0.05) is 20.1 Å². The molecular formula is C12H13BrFNO5S. The molecule has 2 atom stereocenters. The third kappa shape index (κ3) is 3.10. The molecule has 1 heterocycles. The van der Waals surface area contributed by atoms with Crippen LogP contribution < -0.4 is 0 Å². The standard InChI is InChI=1S/C12H13BrFNO5S/c1-20-7-4-11(12(16)17)15(6-7)21(18,19)8-2-3-9(13)10(14)5-8/h2-3,5,7,11H,4,6H2,1H3,(H,16,17). The van der Waals surface area contributed by atoms with E-state index < -0.39 is 34.0 Å². The first-order valence-electron chi connectivity index (χ1n) is 6.00. The minimum atomic E-state index is -4.10. The number of nitrogens with zero attached hydrogens (tertiary/aromatic N) is 1. The Morgan fingerprint density at radius 1 is 1.52 bits per heavy atom. The van der Waals surface area contributed by atoms with Crippen molar-refractivity contribution < 1.29 is 27.4 Å². The zero-order chi connectivity index (χ0) is 15.8. The number of methoxy groups -OCH3 is 1. The van der Waals surface area contributed by atoms with Crippen LogP contribution in [0.4, 0.5) is 4.39 Å². The van der Waals surface area contributed by atoms with Crippen molar-refractivity contribution in [2.45, 2.75) is 23.5 Å². The van der Waals surface area contributed by atoms with Crippen LogP contribution in [0.5, 0.6) is 0 Å². The number of carboxylic acid groups (broad SMARTS) is 1. The van der Waals surface area contributed by atoms with E-state index in [-0.39, 0.29) is 22.3 Å². The molecule has 1 saturated heterocycles. The number of aliphatic carboxylic acids is 1. The largest absolute Gasteiger partial charge is 0.480 e. The van der Waals surface area contributed by atoms with Gasteiger partial charge >= 0.3 is 5.97 Å². The monoisotopic (exact) mass is 381 g/mol. The molecule has 0 amide bonds. The van der Waals surface area contributed by atoms with Gasteiger partial charge in [0.1, 0.15) is 11.9 Å².